The maximum atomic E-state index is 13.5. The van der Waals surface area contributed by atoms with Crippen LogP contribution in [0.3, 0.4) is 0 Å². The van der Waals surface area contributed by atoms with Crippen molar-refractivity contribution in [2.75, 3.05) is 25.1 Å². The number of nitrogens with zero attached hydrogens (tertiary/aromatic N) is 1. The van der Waals surface area contributed by atoms with Crippen molar-refractivity contribution in [3.63, 3.8) is 0 Å². The molecule has 0 aliphatic carbocycles. The van der Waals surface area contributed by atoms with Gasteiger partial charge < -0.3 is 9.64 Å². The van der Waals surface area contributed by atoms with Crippen molar-refractivity contribution in [3.8, 4) is 5.75 Å². The standard InChI is InChI=1S/C19H22FNO/c1-22-19-8-7-17(20)14-18(19)21-11-9-16(10-12-21)13-15-5-3-2-4-6-15/h2-8,14,16H,9-13H2,1H3. The average Bonchev–Trinajstić information content (AvgIpc) is 2.56. The summed E-state index contributed by atoms with van der Waals surface area (Å²) in [5.41, 5.74) is 2.28. The fraction of sp³-hybridized carbons (Fsp3) is 0.368. The summed E-state index contributed by atoms with van der Waals surface area (Å²) >= 11 is 0. The van der Waals surface area contributed by atoms with E-state index in [9.17, 15) is 4.39 Å². The molecule has 0 atom stereocenters. The lowest BCUT2D eigenvalue weighted by molar-refractivity contribution is 0.389. The van der Waals surface area contributed by atoms with Crippen LogP contribution in [-0.4, -0.2) is 20.2 Å². The molecule has 3 rings (SSSR count). The Labute approximate surface area is 131 Å². The summed E-state index contributed by atoms with van der Waals surface area (Å²) in [5, 5.41) is 0. The van der Waals surface area contributed by atoms with Crippen LogP contribution in [-0.2, 0) is 6.42 Å². The molecule has 0 saturated carbocycles. The van der Waals surface area contributed by atoms with Gasteiger partial charge in [-0.2, -0.15) is 0 Å². The van der Waals surface area contributed by atoms with E-state index in [1.54, 1.807) is 19.2 Å². The van der Waals surface area contributed by atoms with E-state index in [1.165, 1.54) is 11.6 Å². The molecule has 1 fully saturated rings. The van der Waals surface area contributed by atoms with Gasteiger partial charge in [-0.05, 0) is 42.9 Å². The van der Waals surface area contributed by atoms with Gasteiger partial charge in [-0.1, -0.05) is 30.3 Å². The van der Waals surface area contributed by atoms with Gasteiger partial charge in [-0.3, -0.25) is 0 Å². The summed E-state index contributed by atoms with van der Waals surface area (Å²) in [7, 11) is 1.64. The number of methoxy groups -OCH3 is 1. The van der Waals surface area contributed by atoms with Crippen LogP contribution in [0.4, 0.5) is 10.1 Å². The lowest BCUT2D eigenvalue weighted by Gasteiger charge is -2.34. The van der Waals surface area contributed by atoms with Gasteiger partial charge in [0.25, 0.3) is 0 Å². The molecule has 0 bridgehead atoms. The van der Waals surface area contributed by atoms with E-state index in [4.69, 9.17) is 4.74 Å². The van der Waals surface area contributed by atoms with Crippen LogP contribution in [0, 0.1) is 11.7 Å². The average molecular weight is 299 g/mol. The van der Waals surface area contributed by atoms with Crippen LogP contribution in [0.5, 0.6) is 5.75 Å². The molecular weight excluding hydrogens is 277 g/mol. The van der Waals surface area contributed by atoms with Gasteiger partial charge >= 0.3 is 0 Å². The van der Waals surface area contributed by atoms with Gasteiger partial charge in [0.2, 0.25) is 0 Å². The molecule has 0 unspecified atom stereocenters. The topological polar surface area (TPSA) is 12.5 Å². The smallest absolute Gasteiger partial charge is 0.142 e. The minimum Gasteiger partial charge on any atom is -0.495 e. The Bertz CT molecular complexity index is 606. The number of halogens is 1. The molecule has 0 aromatic heterocycles. The van der Waals surface area contributed by atoms with Crippen molar-refractivity contribution < 1.29 is 9.13 Å². The number of rotatable bonds is 4. The van der Waals surface area contributed by atoms with Crippen molar-refractivity contribution in [1.82, 2.24) is 0 Å². The number of hydrogen-bond donors (Lipinski definition) is 0. The van der Waals surface area contributed by atoms with Crippen molar-refractivity contribution in [3.05, 3.63) is 59.9 Å². The van der Waals surface area contributed by atoms with Crippen LogP contribution in [0.25, 0.3) is 0 Å². The molecule has 116 valence electrons. The van der Waals surface area contributed by atoms with Crippen molar-refractivity contribution in [2.24, 2.45) is 5.92 Å². The molecule has 3 heteroatoms. The molecule has 1 aliphatic rings. The maximum absolute atomic E-state index is 13.5. The molecule has 0 N–H and O–H groups in total. The molecule has 2 aromatic rings. The monoisotopic (exact) mass is 299 g/mol. The molecule has 1 saturated heterocycles. The number of piperidine rings is 1. The molecule has 1 aliphatic heterocycles. The molecule has 0 spiro atoms. The van der Waals surface area contributed by atoms with Gasteiger partial charge in [0.15, 0.2) is 0 Å². The predicted octanol–water partition coefficient (Wildman–Crippen LogP) is 4.29. The minimum absolute atomic E-state index is 0.206. The second-order valence-electron chi connectivity index (χ2n) is 5.94. The molecule has 0 amide bonds. The van der Waals surface area contributed by atoms with Gasteiger partial charge in [-0.25, -0.2) is 4.39 Å². The molecule has 1 heterocycles. The lowest BCUT2D eigenvalue weighted by atomic mass is 9.90. The van der Waals surface area contributed by atoms with E-state index in [1.807, 2.05) is 0 Å². The maximum Gasteiger partial charge on any atom is 0.142 e. The van der Waals surface area contributed by atoms with Crippen LogP contribution in [0.2, 0.25) is 0 Å². The predicted molar refractivity (Wildman–Crippen MR) is 88.0 cm³/mol. The summed E-state index contributed by atoms with van der Waals surface area (Å²) in [6, 6.07) is 15.4. The van der Waals surface area contributed by atoms with Gasteiger partial charge in [0.05, 0.1) is 12.8 Å². The number of ether oxygens (including phenoxy) is 1. The van der Waals surface area contributed by atoms with Crippen LogP contribution in [0.15, 0.2) is 48.5 Å². The Morgan fingerprint density at radius 1 is 1.09 bits per heavy atom. The van der Waals surface area contributed by atoms with Crippen molar-refractivity contribution >= 4 is 5.69 Å². The highest BCUT2D eigenvalue weighted by molar-refractivity contribution is 5.58. The first kappa shape index (κ1) is 14.9. The van der Waals surface area contributed by atoms with Crippen LogP contribution < -0.4 is 9.64 Å². The Morgan fingerprint density at radius 2 is 1.82 bits per heavy atom. The SMILES string of the molecule is COc1ccc(F)cc1N1CCC(Cc2ccccc2)CC1. The molecule has 2 nitrogen and oxygen atoms in total. The first-order valence-corrected chi connectivity index (χ1v) is 7.88. The Hall–Kier alpha value is -2.03. The first-order chi connectivity index (χ1) is 10.8. The Morgan fingerprint density at radius 3 is 2.50 bits per heavy atom. The van der Waals surface area contributed by atoms with E-state index in [0.29, 0.717) is 5.92 Å². The van der Waals surface area contributed by atoms with E-state index >= 15 is 0 Å². The highest BCUT2D eigenvalue weighted by Crippen LogP contribution is 2.32. The normalized spacial score (nSPS) is 15.8. The fourth-order valence-corrected chi connectivity index (χ4v) is 3.24. The highest BCUT2D eigenvalue weighted by Gasteiger charge is 2.22. The second-order valence-corrected chi connectivity index (χ2v) is 5.94. The number of benzene rings is 2. The zero-order valence-electron chi connectivity index (χ0n) is 13.0. The highest BCUT2D eigenvalue weighted by atomic mass is 19.1. The summed E-state index contributed by atoms with van der Waals surface area (Å²) in [4.78, 5) is 2.24. The largest absolute Gasteiger partial charge is 0.495 e. The van der Waals surface area contributed by atoms with E-state index in [2.05, 4.69) is 35.2 Å². The third-order valence-electron chi connectivity index (χ3n) is 4.46. The van der Waals surface area contributed by atoms with E-state index in [0.717, 1.165) is 43.8 Å². The summed E-state index contributed by atoms with van der Waals surface area (Å²) in [5.74, 6) is 1.25. The third-order valence-corrected chi connectivity index (χ3v) is 4.46. The zero-order chi connectivity index (χ0) is 15.4. The van der Waals surface area contributed by atoms with E-state index in [-0.39, 0.29) is 5.82 Å². The summed E-state index contributed by atoms with van der Waals surface area (Å²) < 4.78 is 18.9. The Balaban J connectivity index is 1.63. The summed E-state index contributed by atoms with van der Waals surface area (Å²) in [6.07, 6.45) is 3.40. The van der Waals surface area contributed by atoms with Gasteiger partial charge in [0.1, 0.15) is 11.6 Å². The third kappa shape index (κ3) is 3.41. The van der Waals surface area contributed by atoms with Gasteiger partial charge in [0, 0.05) is 19.2 Å². The zero-order valence-corrected chi connectivity index (χ0v) is 13.0. The van der Waals surface area contributed by atoms with Crippen LogP contribution in [0.1, 0.15) is 18.4 Å². The van der Waals surface area contributed by atoms with Gasteiger partial charge in [-0.15, -0.1) is 0 Å². The fourth-order valence-electron chi connectivity index (χ4n) is 3.24. The Kier molecular flexibility index (Phi) is 4.62. The number of hydrogen-bond acceptors (Lipinski definition) is 2. The molecule has 2 aromatic carbocycles. The van der Waals surface area contributed by atoms with E-state index < -0.39 is 0 Å². The quantitative estimate of drug-likeness (QED) is 0.835. The number of anilines is 1. The second kappa shape index (κ2) is 6.82. The first-order valence-electron chi connectivity index (χ1n) is 7.88. The summed E-state index contributed by atoms with van der Waals surface area (Å²) in [6.45, 7) is 1.91. The van der Waals surface area contributed by atoms with Crippen molar-refractivity contribution in [1.29, 1.82) is 0 Å². The molecule has 0 radical (unpaired) electrons. The van der Waals surface area contributed by atoms with Crippen LogP contribution >= 0.6 is 0 Å². The molecular formula is C19H22FNO. The molecule has 22 heavy (non-hydrogen) atoms. The van der Waals surface area contributed by atoms with Crippen molar-refractivity contribution in [2.45, 2.75) is 19.3 Å². The minimum atomic E-state index is -0.206. The lowest BCUT2D eigenvalue weighted by Crippen LogP contribution is -2.34.